The van der Waals surface area contributed by atoms with Crippen LogP contribution in [0.4, 0.5) is 0 Å². The first kappa shape index (κ1) is 50.3. The van der Waals surface area contributed by atoms with Crippen molar-refractivity contribution in [2.75, 3.05) is 0 Å². The van der Waals surface area contributed by atoms with Gasteiger partial charge < -0.3 is 0 Å². The number of hydrogen-bond donors (Lipinski definition) is 0. The van der Waals surface area contributed by atoms with Crippen LogP contribution >= 0.6 is 0 Å². The van der Waals surface area contributed by atoms with E-state index in [0.717, 1.165) is 89.0 Å². The van der Waals surface area contributed by atoms with E-state index in [9.17, 15) is 21.0 Å². The van der Waals surface area contributed by atoms with Crippen LogP contribution in [0, 0.1) is 45.3 Å². The molecule has 386 valence electrons. The van der Waals surface area contributed by atoms with Gasteiger partial charge in [0.05, 0.1) is 0 Å². The molecule has 0 heterocycles. The van der Waals surface area contributed by atoms with Crippen molar-refractivity contribution in [3.8, 4) is 147 Å². The van der Waals surface area contributed by atoms with E-state index in [1.807, 2.05) is 36.4 Å². The molecule has 32 aliphatic rings. The van der Waals surface area contributed by atoms with Gasteiger partial charge in [-0.25, -0.2) is 0 Å². The van der Waals surface area contributed by atoms with Crippen molar-refractivity contribution in [1.29, 1.82) is 21.0 Å². The van der Waals surface area contributed by atoms with Crippen LogP contribution < -0.4 is 10.4 Å². The Balaban J connectivity index is 0.831. The van der Waals surface area contributed by atoms with Gasteiger partial charge in [0.25, 0.3) is 0 Å². The fourth-order valence-electron chi connectivity index (χ4n) is 12.0. The van der Waals surface area contributed by atoms with E-state index < -0.39 is 0 Å². The van der Waals surface area contributed by atoms with Gasteiger partial charge in [0, 0.05) is 10.4 Å². The number of rotatable bonds is 0. The molecule has 0 atom stereocenters. The standard InChI is InChI=1S/C80H46N4/c81-47-73(48-82)79-76-44-42-72-46-78(76)80(74(49-83)50-84)75-43-41-71(45-77(75)79)69-37-33-67(34-38-69)65-29-25-63(26-30-65)61-21-17-59(18-22-61)57-13-9-55(10-14-57)53-5-1-51(2-6-53)52-3-7-54(8-4-52)56-11-15-58(16-12-56)60-19-23-62(24-20-60)64-27-31-66(32-28-64)68-35-39-70(72)40-36-68/h1-46H. The summed E-state index contributed by atoms with van der Waals surface area (Å²) < 4.78 is 0. The summed E-state index contributed by atoms with van der Waals surface area (Å²) in [6, 6.07) is 107. The molecule has 0 fully saturated rings. The molecule has 0 saturated heterocycles. The first-order chi connectivity index (χ1) is 41.4. The van der Waals surface area contributed by atoms with Gasteiger partial charge in [0.2, 0.25) is 0 Å². The molecule has 0 aromatic heterocycles. The van der Waals surface area contributed by atoms with Crippen molar-refractivity contribution in [2.45, 2.75) is 0 Å². The summed E-state index contributed by atoms with van der Waals surface area (Å²) in [4.78, 5) is 0. The molecule has 84 heavy (non-hydrogen) atoms. The number of nitriles is 4. The molecule has 4 nitrogen and oxygen atoms in total. The second-order valence-electron chi connectivity index (χ2n) is 21.2. The fourth-order valence-corrected chi connectivity index (χ4v) is 12.0. The molecule has 0 unspecified atom stereocenters. The lowest BCUT2D eigenvalue weighted by atomic mass is 9.89. The highest BCUT2D eigenvalue weighted by molar-refractivity contribution is 6.08. The lowest BCUT2D eigenvalue weighted by Gasteiger charge is -2.13. The Kier molecular flexibility index (Phi) is 12.7. The maximum absolute atomic E-state index is 10.5. The summed E-state index contributed by atoms with van der Waals surface area (Å²) in [7, 11) is 0. The predicted octanol–water partition coefficient (Wildman–Crippen LogP) is 19.0. The van der Waals surface area contributed by atoms with Crippen LogP contribution in [0.25, 0.3) is 155 Å². The van der Waals surface area contributed by atoms with Gasteiger partial charge >= 0.3 is 0 Å². The summed E-state index contributed by atoms with van der Waals surface area (Å²) in [6.45, 7) is 0. The van der Waals surface area contributed by atoms with Gasteiger partial charge in [0.15, 0.2) is 0 Å². The van der Waals surface area contributed by atoms with Crippen molar-refractivity contribution in [2.24, 2.45) is 0 Å². The maximum atomic E-state index is 10.5. The molecular formula is C80H46N4. The van der Waals surface area contributed by atoms with Crippen LogP contribution in [-0.4, -0.2) is 0 Å². The summed E-state index contributed by atoms with van der Waals surface area (Å²) in [5.74, 6) is 0. The highest BCUT2D eigenvalue weighted by atomic mass is 14.3. The molecule has 0 N–H and O–H groups in total. The molecule has 32 aliphatic carbocycles. The van der Waals surface area contributed by atoms with Crippen molar-refractivity contribution < 1.29 is 0 Å². The average Bonchev–Trinajstić information content (AvgIpc) is 3.53. The van der Waals surface area contributed by atoms with Crippen molar-refractivity contribution in [1.82, 2.24) is 0 Å². The largest absolute Gasteiger partial charge is 0.192 e. The summed E-state index contributed by atoms with van der Waals surface area (Å²) in [6.07, 6.45) is 0. The van der Waals surface area contributed by atoms with E-state index >= 15 is 0 Å². The van der Waals surface area contributed by atoms with Crippen LogP contribution in [0.5, 0.6) is 0 Å². The minimum atomic E-state index is -0.0565. The van der Waals surface area contributed by atoms with Crippen LogP contribution in [0.2, 0.25) is 0 Å². The Morgan fingerprint density at radius 1 is 0.155 bits per heavy atom. The molecule has 0 spiro atoms. The molecule has 0 saturated carbocycles. The number of benzene rings is 13. The lowest BCUT2D eigenvalue weighted by Crippen LogP contribution is -2.18. The van der Waals surface area contributed by atoms with Crippen LogP contribution in [0.3, 0.4) is 0 Å². The maximum Gasteiger partial charge on any atom is 0.138 e. The minimum absolute atomic E-state index is 0.0565. The first-order valence-corrected chi connectivity index (χ1v) is 27.8. The zero-order chi connectivity index (χ0) is 56.7. The third-order valence-corrected chi connectivity index (χ3v) is 16.6. The quantitative estimate of drug-likeness (QED) is 0.141. The Bertz CT molecular complexity index is 4680. The third kappa shape index (κ3) is 9.26. The van der Waals surface area contributed by atoms with Gasteiger partial charge in [-0.2, -0.15) is 21.0 Å². The van der Waals surface area contributed by atoms with Gasteiger partial charge in [-0.05, 0) is 156 Å². The third-order valence-electron chi connectivity index (χ3n) is 16.6. The van der Waals surface area contributed by atoms with Gasteiger partial charge in [-0.15, -0.1) is 0 Å². The van der Waals surface area contributed by atoms with Crippen molar-refractivity contribution >= 4 is 32.7 Å². The molecule has 13 aromatic rings. The normalized spacial score (nSPS) is 11.0. The highest BCUT2D eigenvalue weighted by Crippen LogP contribution is 2.36. The van der Waals surface area contributed by atoms with Gasteiger partial charge in [-0.3, -0.25) is 0 Å². The van der Waals surface area contributed by atoms with Gasteiger partial charge in [-0.1, -0.05) is 267 Å². The molecule has 13 aromatic carbocycles. The topological polar surface area (TPSA) is 95.2 Å². The van der Waals surface area contributed by atoms with Crippen LogP contribution in [0.1, 0.15) is 0 Å². The molecule has 45 rings (SSSR count). The summed E-state index contributed by atoms with van der Waals surface area (Å²) >= 11 is 0. The highest BCUT2D eigenvalue weighted by Gasteiger charge is 2.17. The molecule has 4 heteroatoms. The molecule has 0 aliphatic heterocycles. The van der Waals surface area contributed by atoms with Crippen LogP contribution in [0.15, 0.2) is 279 Å². The Morgan fingerprint density at radius 2 is 0.274 bits per heavy atom. The van der Waals surface area contributed by atoms with E-state index in [4.69, 9.17) is 0 Å². The molecular weight excluding hydrogens is 1020 g/mol. The van der Waals surface area contributed by atoms with E-state index in [0.29, 0.717) is 32.0 Å². The van der Waals surface area contributed by atoms with E-state index in [-0.39, 0.29) is 11.1 Å². The molecule has 0 amide bonds. The Hall–Kier alpha value is -11.9. The average molecular weight is 1060 g/mol. The van der Waals surface area contributed by atoms with Crippen molar-refractivity contribution in [3.05, 3.63) is 289 Å². The van der Waals surface area contributed by atoms with E-state index in [1.165, 1.54) is 33.4 Å². The fraction of sp³-hybridized carbons (Fsp3) is 0. The Morgan fingerprint density at radius 3 is 0.405 bits per heavy atom. The zero-order valence-corrected chi connectivity index (χ0v) is 45.3. The second kappa shape index (κ2) is 21.3. The molecule has 26 bridgehead atoms. The van der Waals surface area contributed by atoms with Gasteiger partial charge in [0.1, 0.15) is 35.4 Å². The summed E-state index contributed by atoms with van der Waals surface area (Å²) in [5, 5.41) is 45.2. The summed E-state index contributed by atoms with van der Waals surface area (Å²) in [5.41, 5.74) is 23.9. The number of hydrogen-bond acceptors (Lipinski definition) is 4. The number of nitrogens with zero attached hydrogens (tertiary/aromatic N) is 4. The van der Waals surface area contributed by atoms with E-state index in [1.54, 1.807) is 0 Å². The van der Waals surface area contributed by atoms with Crippen LogP contribution in [-0.2, 0) is 0 Å². The monoisotopic (exact) mass is 1060 g/mol. The lowest BCUT2D eigenvalue weighted by molar-refractivity contribution is 1.49. The first-order valence-electron chi connectivity index (χ1n) is 27.8. The van der Waals surface area contributed by atoms with E-state index in [2.05, 4.69) is 267 Å². The zero-order valence-electron chi connectivity index (χ0n) is 45.3. The second-order valence-corrected chi connectivity index (χ2v) is 21.2. The Labute approximate surface area is 487 Å². The smallest absolute Gasteiger partial charge is 0.138 e. The molecule has 0 radical (unpaired) electrons. The minimum Gasteiger partial charge on any atom is -0.192 e. The van der Waals surface area contributed by atoms with Crippen molar-refractivity contribution in [3.63, 3.8) is 0 Å². The predicted molar refractivity (Wildman–Crippen MR) is 343 cm³/mol. The SMILES string of the molecule is N#CC(C#N)=c1c2ccc3cc2c(=C(C#N)C#N)c2ccc(cc12)-c1ccc(cc1)-c1ccc(cc1)-c1ccc(cc1)-c1ccc(cc1)-c1ccc(cc1)-c1ccc(cc1)-c1ccc(cc1)-c1ccc(cc1)-c1ccc(cc1)-c1ccc-3cc1.